The third-order valence-electron chi connectivity index (χ3n) is 14.5. The van der Waals surface area contributed by atoms with Crippen molar-refractivity contribution in [3.8, 4) is 0 Å². The third kappa shape index (κ3) is 8.10. The highest BCUT2D eigenvalue weighted by molar-refractivity contribution is 8.34. The van der Waals surface area contributed by atoms with Crippen molar-refractivity contribution >= 4 is 101 Å². The number of hydrogen-bond acceptors (Lipinski definition) is 3. The molecule has 2 heterocycles. The van der Waals surface area contributed by atoms with E-state index in [9.17, 15) is 5.41 Å². The van der Waals surface area contributed by atoms with Gasteiger partial charge in [0.2, 0.25) is 0 Å². The molecule has 5 nitrogen and oxygen atoms in total. The van der Waals surface area contributed by atoms with Gasteiger partial charge >= 0.3 is 0 Å². The van der Waals surface area contributed by atoms with Crippen LogP contribution in [0.5, 0.6) is 0 Å². The number of benzene rings is 11. The van der Waals surface area contributed by atoms with E-state index in [-0.39, 0.29) is 5.84 Å². The Hall–Kier alpha value is -9.40. The molecular formula is C69H49N3O2SSi. The van der Waals surface area contributed by atoms with Crippen LogP contribution in [0, 0.1) is 5.41 Å². The lowest BCUT2D eigenvalue weighted by molar-refractivity contribution is 0.668. The Labute approximate surface area is 443 Å². The first-order valence-electron chi connectivity index (χ1n) is 25.4. The monoisotopic (exact) mass is 1010 g/mol. The summed E-state index contributed by atoms with van der Waals surface area (Å²) in [5, 5.41) is 19.0. The maximum absolute atomic E-state index is 9.82. The molecule has 1 N–H and O–H groups in total. The minimum atomic E-state index is -3.05. The van der Waals surface area contributed by atoms with Crippen LogP contribution in [-0.2, 0) is 0 Å². The van der Waals surface area contributed by atoms with Crippen LogP contribution in [0.1, 0.15) is 16.7 Å². The maximum Gasteiger partial charge on any atom is 0.179 e. The van der Waals surface area contributed by atoms with E-state index in [0.717, 1.165) is 65.1 Å². The molecule has 0 saturated heterocycles. The molecule has 11 aromatic carbocycles. The maximum atomic E-state index is 9.82. The number of fused-ring (bicyclic) bond motifs is 6. The van der Waals surface area contributed by atoms with Gasteiger partial charge in [0.1, 0.15) is 22.3 Å². The van der Waals surface area contributed by atoms with E-state index >= 15 is 0 Å². The molecular weight excluding hydrogens is 963 g/mol. The van der Waals surface area contributed by atoms with E-state index in [1.807, 2.05) is 66.9 Å². The van der Waals surface area contributed by atoms with Crippen molar-refractivity contribution in [1.29, 1.82) is 5.41 Å². The molecule has 0 saturated carbocycles. The molecule has 7 heteroatoms. The molecule has 0 unspecified atom stereocenters. The number of aliphatic imine (C=N–C) groups is 2. The standard InChI is InChI=1S/C69H49N3O2SSi/c70-68(51-25-21-35-58(45-51)76(56-31-12-4-13-32-56,57-33-14-5-15-34-57)59-41-43-67-63(47-59)61-37-17-19-39-65(61)74-67)72-69(50-23-6-1-7-24-50)71-48-49-22-20-30-54(44-49)75(52-26-8-2-9-27-52,53-28-10-3-11-29-53)55-40-42-66-62(46-55)60-36-16-18-38-64(60)73-66/h1-48,70H. The molecule has 0 spiro atoms. The molecule has 0 radical (unpaired) electrons. The number of furan rings is 2. The van der Waals surface area contributed by atoms with Crippen LogP contribution in [0.25, 0.3) is 43.9 Å². The number of nitrogens with zero attached hydrogens (tertiary/aromatic N) is 2. The van der Waals surface area contributed by atoms with E-state index in [4.69, 9.17) is 18.8 Å². The number of rotatable bonds is 11. The lowest BCUT2D eigenvalue weighted by atomic mass is 10.1. The van der Waals surface area contributed by atoms with E-state index in [1.165, 1.54) is 30.2 Å². The molecule has 76 heavy (non-hydrogen) atoms. The first-order chi connectivity index (χ1) is 37.6. The smallest absolute Gasteiger partial charge is 0.179 e. The van der Waals surface area contributed by atoms with Crippen molar-refractivity contribution < 1.29 is 8.83 Å². The molecule has 13 aromatic rings. The zero-order valence-corrected chi connectivity index (χ0v) is 43.1. The average molecular weight is 1010 g/mol. The zero-order valence-electron chi connectivity index (χ0n) is 41.3. The lowest BCUT2D eigenvalue weighted by Crippen LogP contribution is -2.74. The molecule has 0 fully saturated rings. The van der Waals surface area contributed by atoms with Crippen LogP contribution in [-0.4, -0.2) is 26.0 Å². The second-order valence-electron chi connectivity index (χ2n) is 18.8. The largest absolute Gasteiger partial charge is 0.456 e. The van der Waals surface area contributed by atoms with Gasteiger partial charge in [-0.2, -0.15) is 0 Å². The summed E-state index contributed by atoms with van der Waals surface area (Å²) in [7, 11) is -5.14. The molecule has 0 bridgehead atoms. The molecule has 2 aromatic heterocycles. The first kappa shape index (κ1) is 46.4. The zero-order chi connectivity index (χ0) is 50.9. The van der Waals surface area contributed by atoms with Gasteiger partial charge in [-0.05, 0) is 99.1 Å². The van der Waals surface area contributed by atoms with Gasteiger partial charge in [-0.1, -0.05) is 212 Å². The summed E-state index contributed by atoms with van der Waals surface area (Å²) in [6.07, 6.45) is 1.89. The predicted octanol–water partition coefficient (Wildman–Crippen LogP) is 15.1. The Morgan fingerprint density at radius 1 is 0.355 bits per heavy atom. The van der Waals surface area contributed by atoms with Crippen LogP contribution in [0.2, 0.25) is 0 Å². The van der Waals surface area contributed by atoms with Crippen LogP contribution in [0.3, 0.4) is 0 Å². The Morgan fingerprint density at radius 3 is 1.42 bits per heavy atom. The fourth-order valence-electron chi connectivity index (χ4n) is 11.0. The highest BCUT2D eigenvalue weighted by Crippen LogP contribution is 2.73. The first-order valence-corrected chi connectivity index (χ1v) is 29.1. The Kier molecular flexibility index (Phi) is 12.1. The van der Waals surface area contributed by atoms with Crippen LogP contribution in [0.15, 0.2) is 324 Å². The second-order valence-corrected chi connectivity index (χ2v) is 25.8. The quantitative estimate of drug-likeness (QED) is 0.0607. The summed E-state index contributed by atoms with van der Waals surface area (Å²) in [6.45, 7) is 0. The lowest BCUT2D eigenvalue weighted by Gasteiger charge is -2.42. The van der Waals surface area contributed by atoms with Gasteiger partial charge in [0.25, 0.3) is 0 Å². The summed E-state index contributed by atoms with van der Waals surface area (Å²) < 4.78 is 12.7. The molecule has 362 valence electrons. The fourth-order valence-corrected chi connectivity index (χ4v) is 19.8. The molecule has 13 rings (SSSR count). The van der Waals surface area contributed by atoms with Gasteiger partial charge in [0, 0.05) is 58.5 Å². The molecule has 0 atom stereocenters. The topological polar surface area (TPSA) is 74.8 Å². The van der Waals surface area contributed by atoms with Crippen molar-refractivity contribution in [3.63, 3.8) is 0 Å². The molecule has 0 aliphatic rings. The van der Waals surface area contributed by atoms with Gasteiger partial charge in [-0.15, -0.1) is 10.0 Å². The highest BCUT2D eigenvalue weighted by Gasteiger charge is 2.42. The second kappa shape index (κ2) is 19.8. The van der Waals surface area contributed by atoms with Gasteiger partial charge in [0.15, 0.2) is 19.7 Å². The number of amidine groups is 2. The van der Waals surface area contributed by atoms with Gasteiger partial charge in [-0.3, -0.25) is 5.41 Å². The summed E-state index contributed by atoms with van der Waals surface area (Å²) in [5.41, 5.74) is 5.87. The summed E-state index contributed by atoms with van der Waals surface area (Å²) in [5.74, 6) is 0.557. The van der Waals surface area contributed by atoms with Crippen molar-refractivity contribution in [2.75, 3.05) is 0 Å². The van der Waals surface area contributed by atoms with Gasteiger partial charge < -0.3 is 8.83 Å². The number of para-hydroxylation sites is 2. The Balaban J connectivity index is 0.936. The molecule has 0 amide bonds. The van der Waals surface area contributed by atoms with Crippen molar-refractivity contribution in [2.24, 2.45) is 9.98 Å². The average Bonchev–Trinajstić information content (AvgIpc) is 4.11. The number of nitrogens with one attached hydrogen (secondary N) is 1. The van der Waals surface area contributed by atoms with Crippen molar-refractivity contribution in [3.05, 3.63) is 302 Å². The highest BCUT2D eigenvalue weighted by atomic mass is 32.3. The summed E-state index contributed by atoms with van der Waals surface area (Å²) >= 11 is 0. The normalized spacial score (nSPS) is 12.5. The van der Waals surface area contributed by atoms with E-state index in [2.05, 4.69) is 224 Å². The summed E-state index contributed by atoms with van der Waals surface area (Å²) in [4.78, 5) is 15.1. The fraction of sp³-hybridized carbons (Fsp3) is 0. The van der Waals surface area contributed by atoms with Crippen LogP contribution >= 0.6 is 10.0 Å². The SMILES string of the molecule is N=C(N=C(N=Cc1cccc(S(c2ccccc2)(c2ccccc2)c2ccc3oc4ccccc4c3c2)c1)c1ccccc1)c1cccc([Si](c2ccccc2)(c2ccccc2)c2ccc3oc4ccccc4c3c2)c1. The predicted molar refractivity (Wildman–Crippen MR) is 318 cm³/mol. The third-order valence-corrected chi connectivity index (χ3v) is 23.1. The Bertz CT molecular complexity index is 4230. The Morgan fingerprint density at radius 2 is 0.803 bits per heavy atom. The summed E-state index contributed by atoms with van der Waals surface area (Å²) in [6, 6.07) is 101. The van der Waals surface area contributed by atoms with E-state index < -0.39 is 18.1 Å². The number of hydrogen-bond donors (Lipinski definition) is 1. The van der Waals surface area contributed by atoms with E-state index in [1.54, 1.807) is 0 Å². The molecule has 0 aliphatic heterocycles. The van der Waals surface area contributed by atoms with Crippen molar-refractivity contribution in [1.82, 2.24) is 0 Å². The van der Waals surface area contributed by atoms with E-state index in [0.29, 0.717) is 11.4 Å². The van der Waals surface area contributed by atoms with Crippen molar-refractivity contribution in [2.45, 2.75) is 19.6 Å². The minimum Gasteiger partial charge on any atom is -0.456 e. The van der Waals surface area contributed by atoms with Crippen LogP contribution < -0.4 is 20.7 Å². The van der Waals surface area contributed by atoms with Crippen LogP contribution in [0.4, 0.5) is 0 Å². The van der Waals surface area contributed by atoms with Gasteiger partial charge in [-0.25, -0.2) is 9.98 Å². The minimum absolute atomic E-state index is 0.116. The molecule has 0 aliphatic carbocycles. The van der Waals surface area contributed by atoms with Gasteiger partial charge in [0.05, 0.1) is 0 Å².